The number of aryl methyl sites for hydroxylation is 1. The minimum Gasteiger partial charge on any atom is -0.452 e. The first-order valence-electron chi connectivity index (χ1n) is 9.08. The second-order valence-electron chi connectivity index (χ2n) is 7.49. The van der Waals surface area contributed by atoms with Gasteiger partial charge >= 0.3 is 0 Å². The van der Waals surface area contributed by atoms with E-state index in [2.05, 4.69) is 35.0 Å². The van der Waals surface area contributed by atoms with Gasteiger partial charge in [-0.3, -0.25) is 4.98 Å². The Morgan fingerprint density at radius 2 is 1.96 bits per heavy atom. The molecule has 5 rings (SSSR count). The van der Waals surface area contributed by atoms with Gasteiger partial charge in [0, 0.05) is 36.3 Å². The number of furan rings is 1. The highest BCUT2D eigenvalue weighted by Crippen LogP contribution is 2.39. The molecule has 4 heterocycles. The van der Waals surface area contributed by atoms with Crippen molar-refractivity contribution in [1.29, 1.82) is 0 Å². The van der Waals surface area contributed by atoms with Gasteiger partial charge in [-0.2, -0.15) is 0 Å². The van der Waals surface area contributed by atoms with E-state index in [4.69, 9.17) is 14.9 Å². The second-order valence-corrected chi connectivity index (χ2v) is 7.49. The summed E-state index contributed by atoms with van der Waals surface area (Å²) in [6.07, 6.45) is 4.88. The van der Waals surface area contributed by atoms with Crippen LogP contribution in [0.2, 0.25) is 0 Å². The van der Waals surface area contributed by atoms with Gasteiger partial charge in [0.25, 0.3) is 0 Å². The second kappa shape index (κ2) is 5.44. The zero-order chi connectivity index (χ0) is 17.1. The third-order valence-corrected chi connectivity index (χ3v) is 5.48. The Hall–Kier alpha value is -2.11. The molecule has 2 fully saturated rings. The van der Waals surface area contributed by atoms with E-state index in [1.54, 1.807) is 0 Å². The zero-order valence-electron chi connectivity index (χ0n) is 14.7. The molecule has 2 unspecified atom stereocenters. The van der Waals surface area contributed by atoms with Crippen molar-refractivity contribution in [3.63, 3.8) is 0 Å². The van der Waals surface area contributed by atoms with E-state index in [-0.39, 0.29) is 6.04 Å². The minimum absolute atomic E-state index is 0.0781. The number of nitrogens with zero attached hydrogens (tertiary/aromatic N) is 2. The van der Waals surface area contributed by atoms with Crippen LogP contribution in [-0.4, -0.2) is 30.3 Å². The van der Waals surface area contributed by atoms with Crippen molar-refractivity contribution in [1.82, 2.24) is 4.98 Å². The number of benzene rings is 1. The summed E-state index contributed by atoms with van der Waals surface area (Å²) in [4.78, 5) is 7.03. The first kappa shape index (κ1) is 15.2. The molecule has 2 aliphatic rings. The maximum Gasteiger partial charge on any atom is 0.177 e. The lowest BCUT2D eigenvalue weighted by Gasteiger charge is -2.33. The Morgan fingerprint density at radius 3 is 2.68 bits per heavy atom. The maximum atomic E-state index is 6.35. The molecule has 0 saturated carbocycles. The molecule has 0 aliphatic carbocycles. The molecule has 0 spiro atoms. The predicted molar refractivity (Wildman–Crippen MR) is 99.0 cm³/mol. The highest BCUT2D eigenvalue weighted by Gasteiger charge is 2.35. The van der Waals surface area contributed by atoms with Crippen molar-refractivity contribution in [2.24, 2.45) is 5.73 Å². The van der Waals surface area contributed by atoms with Crippen LogP contribution < -0.4 is 10.6 Å². The third-order valence-electron chi connectivity index (χ3n) is 5.48. The number of anilines is 1. The summed E-state index contributed by atoms with van der Waals surface area (Å²) >= 11 is 0. The summed E-state index contributed by atoms with van der Waals surface area (Å²) in [6, 6.07) is 6.25. The standard InChI is InChI=1S/C20H23N3O2/c1-11-7-15(12(2)21)19-16(8-11)18-20(25-19)17(5-6-22-18)23-9-13-3-4-14(10-23)24-13/h5-8,12-14H,3-4,9-10,21H2,1-2H3/t12-,13?,14?/m1/s1. The monoisotopic (exact) mass is 337 g/mol. The molecule has 3 atom stereocenters. The van der Waals surface area contributed by atoms with Gasteiger partial charge in [-0.15, -0.1) is 0 Å². The van der Waals surface area contributed by atoms with Crippen molar-refractivity contribution >= 4 is 27.8 Å². The molecule has 2 aromatic heterocycles. The van der Waals surface area contributed by atoms with Gasteiger partial charge in [-0.25, -0.2) is 0 Å². The maximum absolute atomic E-state index is 6.35. The van der Waals surface area contributed by atoms with E-state index in [0.717, 1.165) is 59.3 Å². The van der Waals surface area contributed by atoms with Crippen molar-refractivity contribution in [2.75, 3.05) is 18.0 Å². The number of aromatic nitrogens is 1. The highest BCUT2D eigenvalue weighted by molar-refractivity contribution is 6.07. The first-order chi connectivity index (χ1) is 12.1. The van der Waals surface area contributed by atoms with E-state index < -0.39 is 0 Å². The largest absolute Gasteiger partial charge is 0.452 e. The number of rotatable bonds is 2. The molecule has 2 saturated heterocycles. The Kier molecular flexibility index (Phi) is 3.30. The molecular weight excluding hydrogens is 314 g/mol. The quantitative estimate of drug-likeness (QED) is 0.773. The van der Waals surface area contributed by atoms with E-state index in [1.807, 2.05) is 13.1 Å². The van der Waals surface area contributed by atoms with Gasteiger partial charge in [0.1, 0.15) is 11.1 Å². The van der Waals surface area contributed by atoms with Gasteiger partial charge in [0.05, 0.1) is 17.9 Å². The fourth-order valence-electron chi connectivity index (χ4n) is 4.32. The van der Waals surface area contributed by atoms with Crippen LogP contribution in [0.15, 0.2) is 28.8 Å². The number of hydrogen-bond acceptors (Lipinski definition) is 5. The number of ether oxygens (including phenoxy) is 1. The smallest absolute Gasteiger partial charge is 0.177 e. The van der Waals surface area contributed by atoms with Gasteiger partial charge in [-0.05, 0) is 44.4 Å². The van der Waals surface area contributed by atoms with Crippen LogP contribution in [-0.2, 0) is 4.74 Å². The Bertz CT molecular complexity index is 950. The molecule has 2 bridgehead atoms. The topological polar surface area (TPSA) is 64.5 Å². The number of pyridine rings is 1. The van der Waals surface area contributed by atoms with Gasteiger partial charge in [0.15, 0.2) is 5.58 Å². The molecule has 130 valence electrons. The number of morpholine rings is 1. The van der Waals surface area contributed by atoms with Gasteiger partial charge < -0.3 is 19.8 Å². The van der Waals surface area contributed by atoms with Crippen LogP contribution in [0.1, 0.15) is 36.9 Å². The predicted octanol–water partition coefficient (Wildman–Crippen LogP) is 3.68. The first-order valence-corrected chi connectivity index (χ1v) is 9.08. The van der Waals surface area contributed by atoms with Crippen LogP contribution in [0, 0.1) is 6.92 Å². The lowest BCUT2D eigenvalue weighted by molar-refractivity contribution is 0.0305. The number of nitrogens with two attached hydrogens (primary N) is 1. The van der Waals surface area contributed by atoms with Crippen molar-refractivity contribution in [3.8, 4) is 0 Å². The Balaban J connectivity index is 1.72. The molecule has 5 nitrogen and oxygen atoms in total. The summed E-state index contributed by atoms with van der Waals surface area (Å²) in [5.74, 6) is 0. The van der Waals surface area contributed by atoms with Crippen LogP contribution in [0.5, 0.6) is 0 Å². The minimum atomic E-state index is -0.0781. The van der Waals surface area contributed by atoms with Crippen LogP contribution >= 0.6 is 0 Å². The lowest BCUT2D eigenvalue weighted by Crippen LogP contribution is -2.42. The van der Waals surface area contributed by atoms with E-state index in [9.17, 15) is 0 Å². The average molecular weight is 337 g/mol. The molecule has 0 radical (unpaired) electrons. The molecule has 5 heteroatoms. The Morgan fingerprint density at radius 1 is 1.20 bits per heavy atom. The van der Waals surface area contributed by atoms with Crippen LogP contribution in [0.3, 0.4) is 0 Å². The molecule has 1 aromatic carbocycles. The highest BCUT2D eigenvalue weighted by atomic mass is 16.5. The molecule has 0 amide bonds. The molecule has 2 N–H and O–H groups in total. The van der Waals surface area contributed by atoms with Crippen molar-refractivity contribution in [3.05, 3.63) is 35.5 Å². The zero-order valence-corrected chi connectivity index (χ0v) is 14.7. The lowest BCUT2D eigenvalue weighted by atomic mass is 10.0. The number of hydrogen-bond donors (Lipinski definition) is 1. The molecular formula is C20H23N3O2. The summed E-state index contributed by atoms with van der Waals surface area (Å²) in [6.45, 7) is 5.93. The average Bonchev–Trinajstić information content (AvgIpc) is 3.13. The Labute approximate surface area is 146 Å². The molecule has 3 aromatic rings. The van der Waals surface area contributed by atoms with Crippen LogP contribution in [0.25, 0.3) is 22.1 Å². The van der Waals surface area contributed by atoms with Crippen molar-refractivity contribution < 1.29 is 9.15 Å². The SMILES string of the molecule is Cc1cc([C@@H](C)N)c2oc3c(N4CC5CCC(C4)O5)ccnc3c2c1. The fourth-order valence-corrected chi connectivity index (χ4v) is 4.32. The normalized spacial score (nSPS) is 24.4. The summed E-state index contributed by atoms with van der Waals surface area (Å²) in [7, 11) is 0. The summed E-state index contributed by atoms with van der Waals surface area (Å²) < 4.78 is 12.3. The van der Waals surface area contributed by atoms with Crippen LogP contribution in [0.4, 0.5) is 5.69 Å². The van der Waals surface area contributed by atoms with E-state index in [1.165, 1.54) is 5.56 Å². The number of fused-ring (bicyclic) bond motifs is 5. The summed E-state index contributed by atoms with van der Waals surface area (Å²) in [5.41, 5.74) is 12.2. The fraction of sp³-hybridized carbons (Fsp3) is 0.450. The van der Waals surface area contributed by atoms with Crippen molar-refractivity contribution in [2.45, 2.75) is 44.9 Å². The molecule has 2 aliphatic heterocycles. The van der Waals surface area contributed by atoms with E-state index in [0.29, 0.717) is 12.2 Å². The van der Waals surface area contributed by atoms with E-state index >= 15 is 0 Å². The van der Waals surface area contributed by atoms with Gasteiger partial charge in [0.2, 0.25) is 0 Å². The molecule has 25 heavy (non-hydrogen) atoms. The third kappa shape index (κ3) is 2.34. The van der Waals surface area contributed by atoms with Gasteiger partial charge in [-0.1, -0.05) is 6.07 Å². The summed E-state index contributed by atoms with van der Waals surface area (Å²) in [5, 5.41) is 1.06.